The number of rotatable bonds is 6. The van der Waals surface area contributed by atoms with E-state index < -0.39 is 28.7 Å². The molecule has 0 radical (unpaired) electrons. The molecule has 0 saturated carbocycles. The van der Waals surface area contributed by atoms with Crippen molar-refractivity contribution >= 4 is 35.0 Å². The largest absolute Gasteiger partial charge is 0.416 e. The first-order valence-corrected chi connectivity index (χ1v) is 8.85. The summed E-state index contributed by atoms with van der Waals surface area (Å²) in [6.45, 7) is 1.54. The van der Waals surface area contributed by atoms with Gasteiger partial charge in [0, 0.05) is 11.4 Å². The van der Waals surface area contributed by atoms with Gasteiger partial charge in [0.25, 0.3) is 0 Å². The lowest BCUT2D eigenvalue weighted by atomic mass is 10.2. The Morgan fingerprint density at radius 3 is 2.33 bits per heavy atom. The number of hydrogen-bond donors (Lipinski definition) is 2. The third-order valence-corrected chi connectivity index (χ3v) is 4.56. The molecule has 0 aliphatic carbocycles. The van der Waals surface area contributed by atoms with E-state index in [2.05, 4.69) is 10.6 Å². The zero-order valence-corrected chi connectivity index (χ0v) is 15.0. The zero-order valence-electron chi connectivity index (χ0n) is 14.1. The van der Waals surface area contributed by atoms with Crippen LogP contribution in [0.5, 0.6) is 0 Å². The lowest BCUT2D eigenvalue weighted by molar-refractivity contribution is -0.137. The van der Waals surface area contributed by atoms with Gasteiger partial charge in [-0.3, -0.25) is 9.59 Å². The summed E-state index contributed by atoms with van der Waals surface area (Å²) in [5.41, 5.74) is -0.416. The first-order valence-electron chi connectivity index (χ1n) is 7.80. The van der Waals surface area contributed by atoms with Crippen LogP contribution in [0.4, 0.5) is 28.9 Å². The summed E-state index contributed by atoms with van der Waals surface area (Å²) >= 11 is 1.02. The minimum Gasteiger partial charge on any atom is -0.325 e. The Balaban J connectivity index is 1.85. The number of thioether (sulfide) groups is 1. The Hall–Kier alpha value is -2.55. The van der Waals surface area contributed by atoms with Crippen LogP contribution in [-0.4, -0.2) is 22.8 Å². The predicted molar refractivity (Wildman–Crippen MR) is 97.0 cm³/mol. The number of amides is 2. The highest BCUT2D eigenvalue weighted by Crippen LogP contribution is 2.30. The van der Waals surface area contributed by atoms with E-state index in [1.54, 1.807) is 6.92 Å². The van der Waals surface area contributed by atoms with Crippen LogP contribution in [0.25, 0.3) is 0 Å². The molecule has 2 rings (SSSR count). The average molecular weight is 400 g/mol. The molecule has 144 valence electrons. The lowest BCUT2D eigenvalue weighted by Gasteiger charge is -2.13. The highest BCUT2D eigenvalue weighted by molar-refractivity contribution is 8.01. The Labute approximate surface area is 157 Å². The van der Waals surface area contributed by atoms with Gasteiger partial charge in [0.1, 0.15) is 5.82 Å². The molecule has 2 aromatic carbocycles. The molecule has 0 heterocycles. The molecule has 9 heteroatoms. The van der Waals surface area contributed by atoms with Crippen LogP contribution in [0.1, 0.15) is 12.5 Å². The Bertz CT molecular complexity index is 810. The first-order chi connectivity index (χ1) is 12.6. The summed E-state index contributed by atoms with van der Waals surface area (Å²) in [5.74, 6) is -1.38. The zero-order chi connectivity index (χ0) is 20.0. The van der Waals surface area contributed by atoms with Gasteiger partial charge in [-0.25, -0.2) is 4.39 Å². The number of benzene rings is 2. The van der Waals surface area contributed by atoms with E-state index in [-0.39, 0.29) is 17.3 Å². The van der Waals surface area contributed by atoms with Crippen molar-refractivity contribution < 1.29 is 27.2 Å². The normalized spacial score (nSPS) is 12.3. The third-order valence-electron chi connectivity index (χ3n) is 3.42. The molecule has 2 aromatic rings. The van der Waals surface area contributed by atoms with Crippen molar-refractivity contribution in [3.8, 4) is 0 Å². The summed E-state index contributed by atoms with van der Waals surface area (Å²) < 4.78 is 50.9. The van der Waals surface area contributed by atoms with Crippen molar-refractivity contribution in [2.75, 3.05) is 16.4 Å². The van der Waals surface area contributed by atoms with E-state index in [0.717, 1.165) is 23.9 Å². The van der Waals surface area contributed by atoms with E-state index >= 15 is 0 Å². The molecule has 1 atom stereocenters. The molecule has 0 unspecified atom stereocenters. The van der Waals surface area contributed by atoms with Gasteiger partial charge in [-0.15, -0.1) is 11.8 Å². The minimum absolute atomic E-state index is 0.0260. The van der Waals surface area contributed by atoms with Crippen LogP contribution in [0.3, 0.4) is 0 Å². The van der Waals surface area contributed by atoms with Gasteiger partial charge in [0.05, 0.1) is 16.6 Å². The highest BCUT2D eigenvalue weighted by Gasteiger charge is 2.30. The number of hydrogen-bond acceptors (Lipinski definition) is 3. The Morgan fingerprint density at radius 2 is 1.70 bits per heavy atom. The number of halogens is 4. The second-order valence-electron chi connectivity index (χ2n) is 5.58. The van der Waals surface area contributed by atoms with Gasteiger partial charge in [-0.1, -0.05) is 6.07 Å². The molecule has 2 amide bonds. The standard InChI is InChI=1S/C18H16F4N2O2S/c1-11(27-10-16(25)23-14-7-5-13(19)6-8-14)17(26)24-15-4-2-3-12(9-15)18(20,21)22/h2-9,11H,10H2,1H3,(H,23,25)(H,24,26)/t11-/m0/s1. The topological polar surface area (TPSA) is 58.2 Å². The molecule has 4 nitrogen and oxygen atoms in total. The Kier molecular flexibility index (Phi) is 6.84. The molecule has 0 bridgehead atoms. The first kappa shape index (κ1) is 20.8. The lowest BCUT2D eigenvalue weighted by Crippen LogP contribution is -2.25. The van der Waals surface area contributed by atoms with Crippen LogP contribution >= 0.6 is 11.8 Å². The fraction of sp³-hybridized carbons (Fsp3) is 0.222. The molecule has 2 N–H and O–H groups in total. The van der Waals surface area contributed by atoms with Gasteiger partial charge < -0.3 is 10.6 Å². The maximum atomic E-state index is 12.8. The van der Waals surface area contributed by atoms with Crippen molar-refractivity contribution in [3.63, 3.8) is 0 Å². The van der Waals surface area contributed by atoms with Gasteiger partial charge in [-0.2, -0.15) is 13.2 Å². The van der Waals surface area contributed by atoms with Crippen LogP contribution in [0.2, 0.25) is 0 Å². The molecule has 27 heavy (non-hydrogen) atoms. The summed E-state index contributed by atoms with van der Waals surface area (Å²) in [4.78, 5) is 24.0. The molecule has 0 aliphatic heterocycles. The van der Waals surface area contributed by atoms with Crippen molar-refractivity contribution in [2.24, 2.45) is 0 Å². The molecule has 0 aromatic heterocycles. The second kappa shape index (κ2) is 8.90. The number of nitrogens with one attached hydrogen (secondary N) is 2. The maximum Gasteiger partial charge on any atom is 0.416 e. The summed E-state index contributed by atoms with van der Waals surface area (Å²) in [7, 11) is 0. The van der Waals surface area contributed by atoms with Crippen molar-refractivity contribution in [3.05, 3.63) is 59.9 Å². The molecule has 0 saturated heterocycles. The van der Waals surface area contributed by atoms with Crippen molar-refractivity contribution in [1.29, 1.82) is 0 Å². The average Bonchev–Trinajstić information content (AvgIpc) is 2.61. The highest BCUT2D eigenvalue weighted by atomic mass is 32.2. The molecule has 0 spiro atoms. The van der Waals surface area contributed by atoms with Crippen LogP contribution < -0.4 is 10.6 Å². The van der Waals surface area contributed by atoms with Crippen LogP contribution in [0.15, 0.2) is 48.5 Å². The van der Waals surface area contributed by atoms with E-state index in [1.807, 2.05) is 0 Å². The Morgan fingerprint density at radius 1 is 1.04 bits per heavy atom. The SMILES string of the molecule is C[C@H](SCC(=O)Nc1ccc(F)cc1)C(=O)Nc1cccc(C(F)(F)F)c1. The fourth-order valence-corrected chi connectivity index (χ4v) is 2.71. The fourth-order valence-electron chi connectivity index (χ4n) is 2.02. The van der Waals surface area contributed by atoms with Gasteiger partial charge in [-0.05, 0) is 49.4 Å². The monoisotopic (exact) mass is 400 g/mol. The minimum atomic E-state index is -4.50. The van der Waals surface area contributed by atoms with Gasteiger partial charge in [0.15, 0.2) is 0 Å². The van der Waals surface area contributed by atoms with Crippen molar-refractivity contribution in [1.82, 2.24) is 0 Å². The van der Waals surface area contributed by atoms with Gasteiger partial charge in [0.2, 0.25) is 11.8 Å². The quantitative estimate of drug-likeness (QED) is 0.700. The van der Waals surface area contributed by atoms with Gasteiger partial charge >= 0.3 is 6.18 Å². The number of alkyl halides is 3. The second-order valence-corrected chi connectivity index (χ2v) is 6.91. The molecular weight excluding hydrogens is 384 g/mol. The number of carbonyl (C=O) groups is 2. The number of anilines is 2. The molecular formula is C18H16F4N2O2S. The van der Waals surface area contributed by atoms with Crippen LogP contribution in [-0.2, 0) is 15.8 Å². The third kappa shape index (κ3) is 6.59. The van der Waals surface area contributed by atoms with E-state index in [4.69, 9.17) is 0 Å². The maximum absolute atomic E-state index is 12.8. The molecule has 0 fully saturated rings. The summed E-state index contributed by atoms with van der Waals surface area (Å²) in [6, 6.07) is 9.52. The van der Waals surface area contributed by atoms with E-state index in [0.29, 0.717) is 5.69 Å². The smallest absolute Gasteiger partial charge is 0.325 e. The number of carbonyl (C=O) groups excluding carboxylic acids is 2. The summed E-state index contributed by atoms with van der Waals surface area (Å²) in [5, 5.41) is 4.29. The molecule has 0 aliphatic rings. The van der Waals surface area contributed by atoms with Crippen molar-refractivity contribution in [2.45, 2.75) is 18.3 Å². The van der Waals surface area contributed by atoms with E-state index in [1.165, 1.54) is 36.4 Å². The van der Waals surface area contributed by atoms with E-state index in [9.17, 15) is 27.2 Å². The predicted octanol–water partition coefficient (Wildman–Crippen LogP) is 4.54. The summed E-state index contributed by atoms with van der Waals surface area (Å²) in [6.07, 6.45) is -4.50. The van der Waals surface area contributed by atoms with Crippen LogP contribution in [0, 0.1) is 5.82 Å².